The highest BCUT2D eigenvalue weighted by Gasteiger charge is 2.33. The number of nitrogens with one attached hydrogen (secondary N) is 1. The number of nitrogens with zero attached hydrogens (tertiary/aromatic N) is 1. The van der Waals surface area contributed by atoms with E-state index in [4.69, 9.17) is 4.52 Å². The monoisotopic (exact) mass is 334 g/mol. The van der Waals surface area contributed by atoms with Gasteiger partial charge in [-0.25, -0.2) is 0 Å². The maximum atomic E-state index is 13.0. The van der Waals surface area contributed by atoms with Crippen LogP contribution in [-0.2, 0) is 17.4 Å². The van der Waals surface area contributed by atoms with Crippen molar-refractivity contribution in [1.29, 1.82) is 0 Å². The van der Waals surface area contributed by atoms with Crippen molar-refractivity contribution in [3.63, 3.8) is 0 Å². The molecule has 0 atom stereocenters. The van der Waals surface area contributed by atoms with E-state index >= 15 is 0 Å². The summed E-state index contributed by atoms with van der Waals surface area (Å²) >= 11 is 0. The van der Waals surface area contributed by atoms with Crippen molar-refractivity contribution in [3.8, 4) is 0 Å². The van der Waals surface area contributed by atoms with E-state index in [2.05, 4.69) is 10.5 Å². The first-order valence-electron chi connectivity index (χ1n) is 7.15. The minimum Gasteiger partial charge on any atom is -0.356 e. The van der Waals surface area contributed by atoms with Crippen molar-refractivity contribution >= 4 is 22.6 Å². The molecule has 3 rings (SSSR count). The lowest BCUT2D eigenvalue weighted by Crippen LogP contribution is -2.18. The topological polar surface area (TPSA) is 55.1 Å². The number of hydrogen-bond donors (Lipinski definition) is 1. The number of hydrogen-bond acceptors (Lipinski definition) is 3. The molecular formula is C17H13F3N2O2. The molecule has 2 aromatic carbocycles. The summed E-state index contributed by atoms with van der Waals surface area (Å²) in [7, 11) is 0. The molecular weight excluding hydrogens is 321 g/mol. The van der Waals surface area contributed by atoms with Gasteiger partial charge >= 0.3 is 6.18 Å². The number of anilines is 1. The molecule has 0 spiro atoms. The molecule has 0 fully saturated rings. The summed E-state index contributed by atoms with van der Waals surface area (Å²) in [5.74, 6) is -0.594. The van der Waals surface area contributed by atoms with E-state index in [9.17, 15) is 18.0 Å². The van der Waals surface area contributed by atoms with Gasteiger partial charge in [0.25, 0.3) is 0 Å². The molecule has 1 N–H and O–H groups in total. The van der Waals surface area contributed by atoms with Crippen molar-refractivity contribution in [2.45, 2.75) is 19.5 Å². The first-order valence-corrected chi connectivity index (χ1v) is 7.15. The van der Waals surface area contributed by atoms with Gasteiger partial charge in [-0.2, -0.15) is 13.2 Å². The molecule has 0 bridgehead atoms. The molecule has 1 heterocycles. The molecule has 0 aliphatic carbocycles. The number of halogens is 3. The number of carbonyl (C=O) groups excluding carboxylic acids is 1. The molecule has 7 heteroatoms. The molecule has 3 aromatic rings. The highest BCUT2D eigenvalue weighted by Crippen LogP contribution is 2.34. The van der Waals surface area contributed by atoms with E-state index in [1.54, 1.807) is 6.07 Å². The molecule has 0 aliphatic heterocycles. The summed E-state index contributed by atoms with van der Waals surface area (Å²) in [6.07, 6.45) is -4.72. The van der Waals surface area contributed by atoms with Crippen LogP contribution >= 0.6 is 0 Å². The number of aromatic nitrogens is 1. The van der Waals surface area contributed by atoms with E-state index < -0.39 is 17.6 Å². The number of rotatable bonds is 3. The van der Waals surface area contributed by atoms with Gasteiger partial charge < -0.3 is 9.84 Å². The molecule has 1 aromatic heterocycles. The molecule has 4 nitrogen and oxygen atoms in total. The van der Waals surface area contributed by atoms with E-state index in [1.807, 2.05) is 19.1 Å². The second kappa shape index (κ2) is 5.99. The van der Waals surface area contributed by atoms with Gasteiger partial charge in [0.2, 0.25) is 5.91 Å². The number of para-hydroxylation sites is 1. The predicted octanol–water partition coefficient (Wildman–Crippen LogP) is 4.34. The van der Waals surface area contributed by atoms with Crippen molar-refractivity contribution in [3.05, 3.63) is 59.3 Å². The molecule has 1 amide bonds. The zero-order valence-electron chi connectivity index (χ0n) is 12.6. The third kappa shape index (κ3) is 3.24. The van der Waals surface area contributed by atoms with Crippen LogP contribution in [0.5, 0.6) is 0 Å². The summed E-state index contributed by atoms with van der Waals surface area (Å²) in [4.78, 5) is 12.1. The smallest absolute Gasteiger partial charge is 0.356 e. The first-order chi connectivity index (χ1) is 11.3. The van der Waals surface area contributed by atoms with E-state index in [0.717, 1.165) is 11.6 Å². The maximum Gasteiger partial charge on any atom is 0.418 e. The Morgan fingerprint density at radius 1 is 1.21 bits per heavy atom. The number of alkyl halides is 3. The van der Waals surface area contributed by atoms with E-state index in [1.165, 1.54) is 18.2 Å². The van der Waals surface area contributed by atoms with Crippen LogP contribution in [0.3, 0.4) is 0 Å². The molecule has 0 saturated heterocycles. The second-order valence-electron chi connectivity index (χ2n) is 5.40. The Hall–Kier alpha value is -2.83. The number of benzene rings is 2. The van der Waals surface area contributed by atoms with Gasteiger partial charge in [-0.05, 0) is 31.2 Å². The Morgan fingerprint density at radius 2 is 1.96 bits per heavy atom. The average Bonchev–Trinajstić information content (AvgIpc) is 2.89. The average molecular weight is 334 g/mol. The SMILES string of the molecule is Cc1ccc2onc(CC(=O)Nc3ccccc3C(F)(F)F)c2c1. The zero-order chi connectivity index (χ0) is 17.3. The first kappa shape index (κ1) is 16.0. The van der Waals surface area contributed by atoms with Gasteiger partial charge in [0.05, 0.1) is 17.7 Å². The summed E-state index contributed by atoms with van der Waals surface area (Å²) in [5, 5.41) is 6.80. The van der Waals surface area contributed by atoms with E-state index in [-0.39, 0.29) is 12.1 Å². The lowest BCUT2D eigenvalue weighted by molar-refractivity contribution is -0.137. The summed E-state index contributed by atoms with van der Waals surface area (Å²) in [6, 6.07) is 10.2. The standard InChI is InChI=1S/C17H13F3N2O2/c1-10-6-7-15-11(8-10)14(22-24-15)9-16(23)21-13-5-3-2-4-12(13)17(18,19)20/h2-8H,9H2,1H3,(H,21,23). The van der Waals surface area contributed by atoms with Crippen LogP contribution in [0.4, 0.5) is 18.9 Å². The number of aryl methyl sites for hydroxylation is 1. The highest BCUT2D eigenvalue weighted by molar-refractivity contribution is 5.95. The second-order valence-corrected chi connectivity index (χ2v) is 5.40. The Morgan fingerprint density at radius 3 is 2.71 bits per heavy atom. The fraction of sp³-hybridized carbons (Fsp3) is 0.176. The Bertz CT molecular complexity index is 900. The molecule has 24 heavy (non-hydrogen) atoms. The van der Waals surface area contributed by atoms with Crippen LogP contribution in [0.15, 0.2) is 47.0 Å². The Labute approximate surface area is 135 Å². The number of carbonyl (C=O) groups is 1. The molecule has 0 aliphatic rings. The minimum atomic E-state index is -4.54. The van der Waals surface area contributed by atoms with Gasteiger partial charge in [-0.1, -0.05) is 28.9 Å². The van der Waals surface area contributed by atoms with Crippen LogP contribution in [0.2, 0.25) is 0 Å². The van der Waals surface area contributed by atoms with Crippen LogP contribution in [0.1, 0.15) is 16.8 Å². The largest absolute Gasteiger partial charge is 0.418 e. The van der Waals surface area contributed by atoms with Gasteiger partial charge in [-0.3, -0.25) is 4.79 Å². The van der Waals surface area contributed by atoms with Crippen molar-refractivity contribution in [2.75, 3.05) is 5.32 Å². The van der Waals surface area contributed by atoms with Gasteiger partial charge in [0.1, 0.15) is 5.69 Å². The summed E-state index contributed by atoms with van der Waals surface area (Å²) in [5.41, 5.74) is 0.711. The molecule has 0 radical (unpaired) electrons. The normalized spacial score (nSPS) is 11.7. The van der Waals surface area contributed by atoms with Crippen molar-refractivity contribution in [1.82, 2.24) is 5.16 Å². The quantitative estimate of drug-likeness (QED) is 0.775. The zero-order valence-corrected chi connectivity index (χ0v) is 12.6. The fourth-order valence-electron chi connectivity index (χ4n) is 2.42. The number of amides is 1. The van der Waals surface area contributed by atoms with Gasteiger partial charge in [-0.15, -0.1) is 0 Å². The highest BCUT2D eigenvalue weighted by atomic mass is 19.4. The summed E-state index contributed by atoms with van der Waals surface area (Å²) < 4.78 is 44.0. The van der Waals surface area contributed by atoms with Gasteiger partial charge in [0, 0.05) is 5.39 Å². The molecule has 0 saturated carbocycles. The predicted molar refractivity (Wildman–Crippen MR) is 82.5 cm³/mol. The Balaban J connectivity index is 1.82. The molecule has 124 valence electrons. The van der Waals surface area contributed by atoms with Crippen LogP contribution in [0.25, 0.3) is 11.0 Å². The molecule has 0 unspecified atom stereocenters. The summed E-state index contributed by atoms with van der Waals surface area (Å²) in [6.45, 7) is 1.88. The van der Waals surface area contributed by atoms with Crippen LogP contribution in [0, 0.1) is 6.92 Å². The van der Waals surface area contributed by atoms with E-state index in [0.29, 0.717) is 16.7 Å². The van der Waals surface area contributed by atoms with Gasteiger partial charge in [0.15, 0.2) is 5.58 Å². The van der Waals surface area contributed by atoms with Crippen LogP contribution in [-0.4, -0.2) is 11.1 Å². The number of fused-ring (bicyclic) bond motifs is 1. The Kier molecular flexibility index (Phi) is 4.01. The fourth-order valence-corrected chi connectivity index (χ4v) is 2.42. The van der Waals surface area contributed by atoms with Crippen molar-refractivity contribution in [2.24, 2.45) is 0 Å². The third-order valence-corrected chi connectivity index (χ3v) is 3.53. The van der Waals surface area contributed by atoms with Crippen molar-refractivity contribution < 1.29 is 22.5 Å². The maximum absolute atomic E-state index is 13.0. The third-order valence-electron chi connectivity index (χ3n) is 3.53. The lowest BCUT2D eigenvalue weighted by Gasteiger charge is -2.13. The lowest BCUT2D eigenvalue weighted by atomic mass is 10.1. The van der Waals surface area contributed by atoms with Crippen LogP contribution < -0.4 is 5.32 Å². The minimum absolute atomic E-state index is 0.178.